The van der Waals surface area contributed by atoms with E-state index in [9.17, 15) is 9.59 Å². The minimum Gasteiger partial charge on any atom is -0.481 e. The van der Waals surface area contributed by atoms with E-state index in [4.69, 9.17) is 9.84 Å². The molecule has 1 aliphatic rings. The first-order valence-electron chi connectivity index (χ1n) is 7.05. The van der Waals surface area contributed by atoms with Crippen LogP contribution >= 0.6 is 0 Å². The number of carbonyl (C=O) groups is 2. The summed E-state index contributed by atoms with van der Waals surface area (Å²) in [5, 5.41) is 9.07. The van der Waals surface area contributed by atoms with Crippen molar-refractivity contribution in [1.29, 1.82) is 0 Å². The summed E-state index contributed by atoms with van der Waals surface area (Å²) in [4.78, 5) is 24.8. The lowest BCUT2D eigenvalue weighted by atomic mass is 9.98. The molecule has 1 heterocycles. The predicted molar refractivity (Wildman–Crippen MR) is 79.8 cm³/mol. The van der Waals surface area contributed by atoms with E-state index in [2.05, 4.69) is 0 Å². The molecule has 0 bridgehead atoms. The van der Waals surface area contributed by atoms with Gasteiger partial charge in [-0.3, -0.25) is 9.69 Å². The maximum atomic E-state index is 12.2. The number of hydrogen-bond donors (Lipinski definition) is 1. The van der Waals surface area contributed by atoms with Crippen molar-refractivity contribution in [3.05, 3.63) is 29.3 Å². The van der Waals surface area contributed by atoms with E-state index >= 15 is 0 Å². The molecule has 1 N–H and O–H groups in total. The number of amides is 1. The Bertz CT molecular complexity index is 574. The van der Waals surface area contributed by atoms with Crippen molar-refractivity contribution >= 4 is 17.7 Å². The van der Waals surface area contributed by atoms with Gasteiger partial charge in [0, 0.05) is 6.54 Å². The minimum absolute atomic E-state index is 0.361. The van der Waals surface area contributed by atoms with E-state index in [0.717, 1.165) is 23.2 Å². The summed E-state index contributed by atoms with van der Waals surface area (Å²) in [6.07, 6.45) is 0.356. The fourth-order valence-corrected chi connectivity index (χ4v) is 2.34. The summed E-state index contributed by atoms with van der Waals surface area (Å²) in [5.41, 5.74) is 2.03. The number of ether oxygens (including phenoxy) is 1. The summed E-state index contributed by atoms with van der Waals surface area (Å²) in [7, 11) is 0. The van der Waals surface area contributed by atoms with Crippen LogP contribution in [-0.4, -0.2) is 29.3 Å². The van der Waals surface area contributed by atoms with Crippen molar-refractivity contribution in [2.45, 2.75) is 45.6 Å². The molecule has 0 saturated carbocycles. The Morgan fingerprint density at radius 2 is 2.00 bits per heavy atom. The highest BCUT2D eigenvalue weighted by atomic mass is 16.6. The van der Waals surface area contributed by atoms with E-state index in [1.165, 1.54) is 0 Å². The second-order valence-corrected chi connectivity index (χ2v) is 6.33. The van der Waals surface area contributed by atoms with Gasteiger partial charge >= 0.3 is 12.1 Å². The zero-order valence-electron chi connectivity index (χ0n) is 12.8. The zero-order valence-corrected chi connectivity index (χ0v) is 12.8. The summed E-state index contributed by atoms with van der Waals surface area (Å²) < 4.78 is 5.39. The highest BCUT2D eigenvalue weighted by Gasteiger charge is 2.29. The number of nitrogens with zero attached hydrogens (tertiary/aromatic N) is 1. The molecule has 0 fully saturated rings. The van der Waals surface area contributed by atoms with Crippen molar-refractivity contribution < 1.29 is 19.4 Å². The number of fused-ring (bicyclic) bond motifs is 1. The van der Waals surface area contributed by atoms with Crippen LogP contribution in [0.2, 0.25) is 0 Å². The van der Waals surface area contributed by atoms with Crippen molar-refractivity contribution in [3.8, 4) is 0 Å². The Labute approximate surface area is 124 Å². The number of rotatable bonds is 2. The summed E-state index contributed by atoms with van der Waals surface area (Å²) >= 11 is 0. The van der Waals surface area contributed by atoms with E-state index in [-0.39, 0.29) is 6.09 Å². The van der Waals surface area contributed by atoms with Crippen LogP contribution in [0.15, 0.2) is 18.2 Å². The average molecular weight is 291 g/mol. The van der Waals surface area contributed by atoms with E-state index < -0.39 is 17.5 Å². The Kier molecular flexibility index (Phi) is 3.94. The molecule has 0 aliphatic carbocycles. The lowest BCUT2D eigenvalue weighted by Gasteiger charge is -2.24. The third-order valence-corrected chi connectivity index (χ3v) is 3.48. The van der Waals surface area contributed by atoms with Gasteiger partial charge in [-0.2, -0.15) is 0 Å². The van der Waals surface area contributed by atoms with Gasteiger partial charge in [0.25, 0.3) is 0 Å². The van der Waals surface area contributed by atoms with E-state index in [0.29, 0.717) is 6.54 Å². The molecule has 1 atom stereocenters. The molecule has 1 aliphatic heterocycles. The molecule has 2 rings (SSSR count). The van der Waals surface area contributed by atoms with Crippen molar-refractivity contribution in [3.63, 3.8) is 0 Å². The predicted octanol–water partition coefficient (Wildman–Crippen LogP) is 3.17. The number of carboxylic acids is 1. The van der Waals surface area contributed by atoms with Crippen LogP contribution < -0.4 is 4.90 Å². The monoisotopic (exact) mass is 291 g/mol. The quantitative estimate of drug-likeness (QED) is 0.908. The third kappa shape index (κ3) is 3.35. The second-order valence-electron chi connectivity index (χ2n) is 6.33. The molecule has 1 unspecified atom stereocenters. The molecule has 5 heteroatoms. The Morgan fingerprint density at radius 3 is 2.57 bits per heavy atom. The second kappa shape index (κ2) is 5.39. The van der Waals surface area contributed by atoms with E-state index in [1.807, 2.05) is 26.8 Å². The maximum absolute atomic E-state index is 12.2. The molecule has 1 amide bonds. The smallest absolute Gasteiger partial charge is 0.414 e. The summed E-state index contributed by atoms with van der Waals surface area (Å²) in [5.74, 6) is -1.40. The van der Waals surface area contributed by atoms with Crippen LogP contribution in [0.25, 0.3) is 0 Å². The van der Waals surface area contributed by atoms with Gasteiger partial charge in [-0.05, 0) is 51.3 Å². The van der Waals surface area contributed by atoms with Crippen LogP contribution in [0.4, 0.5) is 10.5 Å². The SMILES string of the molecule is CC(C(=O)O)c1ccc2c(c1)CCN2C(=O)OC(C)(C)C. The molecular weight excluding hydrogens is 270 g/mol. The van der Waals surface area contributed by atoms with Gasteiger partial charge in [0.2, 0.25) is 0 Å². The highest BCUT2D eigenvalue weighted by molar-refractivity contribution is 5.90. The number of hydrogen-bond acceptors (Lipinski definition) is 3. The third-order valence-electron chi connectivity index (χ3n) is 3.48. The molecule has 114 valence electrons. The standard InChI is InChI=1S/C16H21NO4/c1-10(14(18)19)11-5-6-13-12(9-11)7-8-17(13)15(20)21-16(2,3)4/h5-6,9-10H,7-8H2,1-4H3,(H,18,19). The first-order chi connectivity index (χ1) is 9.69. The van der Waals surface area contributed by atoms with E-state index in [1.54, 1.807) is 24.0 Å². The lowest BCUT2D eigenvalue weighted by molar-refractivity contribution is -0.138. The molecule has 0 aromatic heterocycles. The molecule has 1 aromatic rings. The van der Waals surface area contributed by atoms with Gasteiger partial charge < -0.3 is 9.84 Å². The van der Waals surface area contributed by atoms with Gasteiger partial charge in [0.1, 0.15) is 5.60 Å². The fraction of sp³-hybridized carbons (Fsp3) is 0.500. The molecular formula is C16H21NO4. The molecule has 21 heavy (non-hydrogen) atoms. The van der Waals surface area contributed by atoms with Gasteiger partial charge in [-0.25, -0.2) is 4.79 Å². The molecule has 0 radical (unpaired) electrons. The molecule has 1 aromatic carbocycles. The van der Waals surface area contributed by atoms with Crippen LogP contribution in [-0.2, 0) is 16.0 Å². The average Bonchev–Trinajstić information content (AvgIpc) is 2.78. The number of carboxylic acid groups (broad SMARTS) is 1. The Balaban J connectivity index is 2.22. The van der Waals surface area contributed by atoms with Gasteiger partial charge in [0.15, 0.2) is 0 Å². The van der Waals surface area contributed by atoms with Gasteiger partial charge in [-0.1, -0.05) is 12.1 Å². The minimum atomic E-state index is -0.850. The van der Waals surface area contributed by atoms with Crippen LogP contribution in [0, 0.1) is 0 Å². The van der Waals surface area contributed by atoms with Crippen molar-refractivity contribution in [1.82, 2.24) is 0 Å². The molecule has 0 spiro atoms. The summed E-state index contributed by atoms with van der Waals surface area (Å²) in [6, 6.07) is 5.44. The van der Waals surface area contributed by atoms with Crippen LogP contribution in [0.5, 0.6) is 0 Å². The number of carbonyl (C=O) groups excluding carboxylic acids is 1. The lowest BCUT2D eigenvalue weighted by Crippen LogP contribution is -2.35. The fourth-order valence-electron chi connectivity index (χ4n) is 2.34. The highest BCUT2D eigenvalue weighted by Crippen LogP contribution is 2.32. The normalized spacial score (nSPS) is 15.5. The number of anilines is 1. The first kappa shape index (κ1) is 15.4. The van der Waals surface area contributed by atoms with Crippen LogP contribution in [0.3, 0.4) is 0 Å². The molecule has 0 saturated heterocycles. The number of aliphatic carboxylic acids is 1. The summed E-state index contributed by atoms with van der Waals surface area (Å²) in [6.45, 7) is 7.72. The van der Waals surface area contributed by atoms with Crippen molar-refractivity contribution in [2.24, 2.45) is 0 Å². The number of benzene rings is 1. The van der Waals surface area contributed by atoms with Gasteiger partial charge in [-0.15, -0.1) is 0 Å². The zero-order chi connectivity index (χ0) is 15.8. The Hall–Kier alpha value is -2.04. The van der Waals surface area contributed by atoms with Crippen LogP contribution in [0.1, 0.15) is 44.7 Å². The first-order valence-corrected chi connectivity index (χ1v) is 7.05. The maximum Gasteiger partial charge on any atom is 0.414 e. The molecule has 5 nitrogen and oxygen atoms in total. The van der Waals surface area contributed by atoms with Gasteiger partial charge in [0.05, 0.1) is 11.6 Å². The van der Waals surface area contributed by atoms with Crippen molar-refractivity contribution in [2.75, 3.05) is 11.4 Å². The largest absolute Gasteiger partial charge is 0.481 e. The Morgan fingerprint density at radius 1 is 1.33 bits per heavy atom. The topological polar surface area (TPSA) is 66.8 Å².